The summed E-state index contributed by atoms with van der Waals surface area (Å²) in [6.07, 6.45) is -1.45. The van der Waals surface area contributed by atoms with E-state index in [0.717, 1.165) is 0 Å². The molecule has 0 aliphatic carbocycles. The van der Waals surface area contributed by atoms with Crippen LogP contribution in [0.1, 0.15) is 13.7 Å². The SMILES string of the molecule is [2H]C([2H])([2H])C([2H])([2H])OC(N)=O. The molecular formula is C3H7NO2. The van der Waals surface area contributed by atoms with Crippen molar-refractivity contribution < 1.29 is 16.4 Å². The van der Waals surface area contributed by atoms with Gasteiger partial charge < -0.3 is 10.5 Å². The second-order valence-electron chi connectivity index (χ2n) is 0.523. The smallest absolute Gasteiger partial charge is 0.404 e. The molecule has 1 amide bonds. The second-order valence-corrected chi connectivity index (χ2v) is 0.523. The predicted octanol–water partition coefficient (Wildman–Crippen LogP) is 0.102. The molecule has 36 valence electrons. The van der Waals surface area contributed by atoms with Crippen molar-refractivity contribution in [1.82, 2.24) is 0 Å². The van der Waals surface area contributed by atoms with Crippen LogP contribution in [0.4, 0.5) is 4.79 Å². The summed E-state index contributed by atoms with van der Waals surface area (Å²) in [6.45, 7) is -6.03. The molecule has 3 heteroatoms. The summed E-state index contributed by atoms with van der Waals surface area (Å²) >= 11 is 0. The molecule has 0 aromatic rings. The van der Waals surface area contributed by atoms with E-state index in [1.807, 2.05) is 0 Å². The van der Waals surface area contributed by atoms with Gasteiger partial charge in [0.05, 0.1) is 9.30 Å². The fraction of sp³-hybridized carbons (Fsp3) is 0.667. The van der Waals surface area contributed by atoms with Crippen molar-refractivity contribution >= 4 is 6.09 Å². The van der Waals surface area contributed by atoms with Crippen LogP contribution in [0.3, 0.4) is 0 Å². The Balaban J connectivity index is 4.34. The van der Waals surface area contributed by atoms with Crippen molar-refractivity contribution in [1.29, 1.82) is 0 Å². The van der Waals surface area contributed by atoms with Crippen molar-refractivity contribution in [3.63, 3.8) is 0 Å². The molecule has 0 fully saturated rings. The van der Waals surface area contributed by atoms with Gasteiger partial charge in [-0.1, -0.05) is 0 Å². The molecule has 0 rings (SSSR count). The summed E-state index contributed by atoms with van der Waals surface area (Å²) < 4.78 is 36.8. The molecule has 0 heterocycles. The number of amides is 1. The van der Waals surface area contributed by atoms with Crippen LogP contribution < -0.4 is 5.73 Å². The first-order valence-corrected chi connectivity index (χ1v) is 1.15. The molecule has 0 unspecified atom stereocenters. The molecule has 0 aromatic heterocycles. The maximum atomic E-state index is 9.97. The standard InChI is InChI=1S/C3H7NO2/c1-2-6-3(4)5/h2H2,1H3,(H2,4,5)/i1D3,2D2. The number of carbonyl (C=O) groups is 1. The van der Waals surface area contributed by atoms with Crippen LogP contribution in [-0.4, -0.2) is 12.7 Å². The van der Waals surface area contributed by atoms with E-state index in [-0.39, 0.29) is 0 Å². The number of hydrogen-bond donors (Lipinski definition) is 1. The minimum absolute atomic E-state index is 1.45. The summed E-state index contributed by atoms with van der Waals surface area (Å²) in [4.78, 5) is 9.97. The Hall–Kier alpha value is -0.730. The second kappa shape index (κ2) is 2.50. The van der Waals surface area contributed by atoms with E-state index in [1.165, 1.54) is 0 Å². The van der Waals surface area contributed by atoms with Gasteiger partial charge in [0.25, 0.3) is 0 Å². The zero-order valence-electron chi connectivity index (χ0n) is 7.89. The first-order valence-electron chi connectivity index (χ1n) is 3.65. The lowest BCUT2D eigenvalue weighted by Gasteiger charge is -1.89. The lowest BCUT2D eigenvalue weighted by molar-refractivity contribution is 0.163. The highest BCUT2D eigenvalue weighted by molar-refractivity contribution is 5.64. The number of rotatable bonds is 1. The molecule has 0 radical (unpaired) electrons. The molecule has 2 N–H and O–H groups in total. The Morgan fingerprint density at radius 1 is 2.50 bits per heavy atom. The Kier molecular flexibility index (Phi) is 0.467. The first kappa shape index (κ1) is 1.12. The highest BCUT2D eigenvalue weighted by atomic mass is 16.5. The third-order valence-corrected chi connectivity index (χ3v) is 0.152. The van der Waals surface area contributed by atoms with Gasteiger partial charge in [0.15, 0.2) is 0 Å². The van der Waals surface area contributed by atoms with E-state index < -0.39 is 19.5 Å². The average Bonchev–Trinajstić information content (AvgIpc) is 1.56. The molecule has 0 spiro atoms. The molecule has 0 saturated carbocycles. The van der Waals surface area contributed by atoms with Gasteiger partial charge in [-0.15, -0.1) is 0 Å². The third-order valence-electron chi connectivity index (χ3n) is 0.152. The van der Waals surface area contributed by atoms with E-state index in [0.29, 0.717) is 0 Å². The van der Waals surface area contributed by atoms with E-state index in [1.54, 1.807) is 0 Å². The van der Waals surface area contributed by atoms with Crippen LogP contribution in [0.25, 0.3) is 0 Å². The fourth-order valence-electron chi connectivity index (χ4n) is 0.0503. The van der Waals surface area contributed by atoms with Crippen LogP contribution >= 0.6 is 0 Å². The van der Waals surface area contributed by atoms with Crippen LogP contribution in [0.2, 0.25) is 0 Å². The maximum Gasteiger partial charge on any atom is 0.404 e. The molecule has 0 atom stereocenters. The number of ether oxygens (including phenoxy) is 1. The van der Waals surface area contributed by atoms with Gasteiger partial charge >= 0.3 is 6.09 Å². The van der Waals surface area contributed by atoms with Crippen LogP contribution in [0, 0.1) is 0 Å². The minimum atomic E-state index is -3.02. The van der Waals surface area contributed by atoms with Crippen LogP contribution in [0.5, 0.6) is 0 Å². The summed E-state index contributed by atoms with van der Waals surface area (Å²) in [5, 5.41) is 0. The largest absolute Gasteiger partial charge is 0.450 e. The highest BCUT2D eigenvalue weighted by Crippen LogP contribution is 1.66. The van der Waals surface area contributed by atoms with E-state index in [4.69, 9.17) is 6.85 Å². The zero-order valence-corrected chi connectivity index (χ0v) is 2.89. The number of nitrogens with two attached hydrogens (primary N) is 1. The molecule has 6 heavy (non-hydrogen) atoms. The van der Waals surface area contributed by atoms with E-state index in [9.17, 15) is 4.79 Å². The van der Waals surface area contributed by atoms with Gasteiger partial charge in [-0.25, -0.2) is 4.79 Å². The topological polar surface area (TPSA) is 52.3 Å². The molecule has 0 bridgehead atoms. The van der Waals surface area contributed by atoms with Crippen molar-refractivity contribution in [2.24, 2.45) is 5.73 Å². The molecule has 0 aromatic carbocycles. The quantitative estimate of drug-likeness (QED) is 0.501. The summed E-state index contributed by atoms with van der Waals surface area (Å²) in [7, 11) is 0. The lowest BCUT2D eigenvalue weighted by Crippen LogP contribution is -2.11. The Morgan fingerprint density at radius 2 is 3.17 bits per heavy atom. The normalized spacial score (nSPS) is 24.3. The predicted molar refractivity (Wildman–Crippen MR) is 21.2 cm³/mol. The summed E-state index contributed by atoms with van der Waals surface area (Å²) in [5.41, 5.74) is 4.42. The summed E-state index contributed by atoms with van der Waals surface area (Å²) in [6, 6.07) is 0. The van der Waals surface area contributed by atoms with Gasteiger partial charge in [0.1, 0.15) is 0 Å². The van der Waals surface area contributed by atoms with E-state index in [2.05, 4.69) is 10.5 Å². The van der Waals surface area contributed by atoms with Crippen LogP contribution in [-0.2, 0) is 4.74 Å². The number of carbonyl (C=O) groups excluding carboxylic acids is 1. The monoisotopic (exact) mass is 94.1 g/mol. The zero-order chi connectivity index (χ0) is 9.28. The van der Waals surface area contributed by atoms with Crippen molar-refractivity contribution in [3.05, 3.63) is 0 Å². The fourth-order valence-corrected chi connectivity index (χ4v) is 0.0503. The van der Waals surface area contributed by atoms with Gasteiger partial charge in [0.2, 0.25) is 0 Å². The van der Waals surface area contributed by atoms with Crippen molar-refractivity contribution in [2.75, 3.05) is 6.56 Å². The Labute approximate surface area is 43.1 Å². The Morgan fingerprint density at radius 3 is 3.33 bits per heavy atom. The van der Waals surface area contributed by atoms with Gasteiger partial charge in [-0.3, -0.25) is 0 Å². The molecule has 0 saturated heterocycles. The summed E-state index contributed by atoms with van der Waals surface area (Å²) in [5.74, 6) is 0. The van der Waals surface area contributed by atoms with Crippen molar-refractivity contribution in [2.45, 2.75) is 6.85 Å². The van der Waals surface area contributed by atoms with Crippen LogP contribution in [0.15, 0.2) is 0 Å². The van der Waals surface area contributed by atoms with Crippen molar-refractivity contribution in [3.8, 4) is 0 Å². The van der Waals surface area contributed by atoms with Gasteiger partial charge in [-0.2, -0.15) is 0 Å². The molecular weight excluding hydrogens is 82.0 g/mol. The molecule has 0 aliphatic rings. The lowest BCUT2D eigenvalue weighted by atomic mass is 10.9. The molecule has 0 aliphatic heterocycles. The highest BCUT2D eigenvalue weighted by Gasteiger charge is 1.82. The first-order chi connectivity index (χ1) is 4.67. The van der Waals surface area contributed by atoms with Gasteiger partial charge in [0, 0.05) is 4.11 Å². The average molecular weight is 94.1 g/mol. The Bertz CT molecular complexity index is 164. The third kappa shape index (κ3) is 3.27. The molecule has 3 nitrogen and oxygen atoms in total. The number of primary amides is 1. The minimum Gasteiger partial charge on any atom is -0.450 e. The maximum absolute atomic E-state index is 9.97. The number of hydrogen-bond acceptors (Lipinski definition) is 2. The van der Waals surface area contributed by atoms with Gasteiger partial charge in [-0.05, 0) is 6.85 Å². The van der Waals surface area contributed by atoms with E-state index >= 15 is 0 Å².